The molecule has 0 aliphatic heterocycles. The summed E-state index contributed by atoms with van der Waals surface area (Å²) in [5, 5.41) is 3.45. The first-order chi connectivity index (χ1) is 8.65. The summed E-state index contributed by atoms with van der Waals surface area (Å²) in [6.07, 6.45) is 3.23. The first-order valence-corrected chi connectivity index (χ1v) is 7.98. The van der Waals surface area contributed by atoms with Crippen molar-refractivity contribution in [1.82, 2.24) is 5.32 Å². The number of nitrogens with one attached hydrogen (secondary N) is 1. The lowest BCUT2D eigenvalue weighted by Gasteiger charge is -2.15. The molecule has 0 aromatic heterocycles. The Bertz CT molecular complexity index is 352. The summed E-state index contributed by atoms with van der Waals surface area (Å²) in [5.74, 6) is 2.22. The van der Waals surface area contributed by atoms with Crippen molar-refractivity contribution in [3.63, 3.8) is 0 Å². The third-order valence-corrected chi connectivity index (χ3v) is 3.43. The van der Waals surface area contributed by atoms with Crippen LogP contribution in [0.3, 0.4) is 0 Å². The molecule has 2 nitrogen and oxygen atoms in total. The number of hydrogen-bond donors (Lipinski definition) is 1. The Morgan fingerprint density at radius 3 is 2.78 bits per heavy atom. The van der Waals surface area contributed by atoms with Gasteiger partial charge in [-0.25, -0.2) is 0 Å². The van der Waals surface area contributed by atoms with Gasteiger partial charge in [0, 0.05) is 18.2 Å². The molecule has 0 bridgehead atoms. The number of rotatable bonds is 8. The summed E-state index contributed by atoms with van der Waals surface area (Å²) >= 11 is 1.87. The number of ether oxygens (including phenoxy) is 1. The van der Waals surface area contributed by atoms with E-state index in [9.17, 15) is 0 Å². The van der Waals surface area contributed by atoms with Crippen LogP contribution >= 0.6 is 11.8 Å². The normalized spacial score (nSPS) is 10.9. The fourth-order valence-corrected chi connectivity index (χ4v) is 2.16. The Balaban J connectivity index is 2.62. The minimum atomic E-state index is 0.495. The molecule has 0 heterocycles. The average Bonchev–Trinajstić information content (AvgIpc) is 2.34. The van der Waals surface area contributed by atoms with Crippen LogP contribution in [0.15, 0.2) is 18.2 Å². The van der Waals surface area contributed by atoms with Crippen LogP contribution in [0.5, 0.6) is 5.75 Å². The molecule has 0 unspecified atom stereocenters. The summed E-state index contributed by atoms with van der Waals surface area (Å²) < 4.78 is 5.95. The van der Waals surface area contributed by atoms with E-state index in [-0.39, 0.29) is 0 Å². The highest BCUT2D eigenvalue weighted by molar-refractivity contribution is 7.98. The Kier molecular flexibility index (Phi) is 7.21. The lowest BCUT2D eigenvalue weighted by Crippen LogP contribution is -2.22. The van der Waals surface area contributed by atoms with E-state index in [0.717, 1.165) is 31.1 Å². The van der Waals surface area contributed by atoms with Gasteiger partial charge in [-0.05, 0) is 30.9 Å². The molecule has 0 amide bonds. The molecular weight excluding hydrogens is 242 g/mol. The van der Waals surface area contributed by atoms with Gasteiger partial charge in [-0.1, -0.05) is 32.0 Å². The molecule has 0 saturated carbocycles. The van der Waals surface area contributed by atoms with Gasteiger partial charge in [0.2, 0.25) is 0 Å². The van der Waals surface area contributed by atoms with Crippen molar-refractivity contribution in [3.8, 4) is 5.75 Å². The molecule has 0 radical (unpaired) electrons. The van der Waals surface area contributed by atoms with Crippen molar-refractivity contribution < 1.29 is 4.74 Å². The summed E-state index contributed by atoms with van der Waals surface area (Å²) in [5.41, 5.74) is 2.48. The van der Waals surface area contributed by atoms with E-state index >= 15 is 0 Å². The molecule has 18 heavy (non-hydrogen) atoms. The molecule has 0 aliphatic rings. The minimum Gasteiger partial charge on any atom is -0.493 e. The Morgan fingerprint density at radius 1 is 1.33 bits per heavy atom. The van der Waals surface area contributed by atoms with Gasteiger partial charge in [-0.15, -0.1) is 0 Å². The van der Waals surface area contributed by atoms with Gasteiger partial charge in [0.05, 0.1) is 6.61 Å². The van der Waals surface area contributed by atoms with Crippen molar-refractivity contribution in [2.45, 2.75) is 39.8 Å². The van der Waals surface area contributed by atoms with E-state index in [0.29, 0.717) is 6.04 Å². The van der Waals surface area contributed by atoms with Crippen LogP contribution < -0.4 is 10.1 Å². The van der Waals surface area contributed by atoms with Gasteiger partial charge in [-0.2, -0.15) is 11.8 Å². The van der Waals surface area contributed by atoms with Crippen molar-refractivity contribution in [2.24, 2.45) is 0 Å². The first kappa shape index (κ1) is 15.4. The number of thioether (sulfide) groups is 1. The molecule has 3 heteroatoms. The van der Waals surface area contributed by atoms with Crippen LogP contribution in [-0.2, 0) is 6.54 Å². The smallest absolute Gasteiger partial charge is 0.126 e. The van der Waals surface area contributed by atoms with Crippen LogP contribution in [0.4, 0.5) is 0 Å². The summed E-state index contributed by atoms with van der Waals surface area (Å²) in [6.45, 7) is 8.12. The zero-order valence-corrected chi connectivity index (χ0v) is 12.8. The van der Waals surface area contributed by atoms with Gasteiger partial charge in [0.25, 0.3) is 0 Å². The van der Waals surface area contributed by atoms with Crippen molar-refractivity contribution in [1.29, 1.82) is 0 Å². The first-order valence-electron chi connectivity index (χ1n) is 6.58. The van der Waals surface area contributed by atoms with Crippen LogP contribution in [-0.4, -0.2) is 24.7 Å². The molecule has 1 aromatic rings. The third kappa shape index (κ3) is 5.32. The molecule has 1 aromatic carbocycles. The molecule has 1 rings (SSSR count). The second-order valence-corrected chi connectivity index (χ2v) is 5.78. The van der Waals surface area contributed by atoms with Crippen LogP contribution in [0.25, 0.3) is 0 Å². The highest BCUT2D eigenvalue weighted by Gasteiger charge is 2.07. The van der Waals surface area contributed by atoms with Gasteiger partial charge >= 0.3 is 0 Å². The molecule has 1 N–H and O–H groups in total. The van der Waals surface area contributed by atoms with E-state index in [1.807, 2.05) is 11.8 Å². The highest BCUT2D eigenvalue weighted by atomic mass is 32.2. The number of para-hydroxylation sites is 1. The summed E-state index contributed by atoms with van der Waals surface area (Å²) in [4.78, 5) is 0. The Labute approximate surface area is 116 Å². The zero-order valence-electron chi connectivity index (χ0n) is 12.0. The number of hydrogen-bond acceptors (Lipinski definition) is 3. The molecule has 0 aliphatic carbocycles. The zero-order chi connectivity index (χ0) is 13.4. The fourth-order valence-electron chi connectivity index (χ4n) is 1.75. The molecule has 0 atom stereocenters. The second-order valence-electron chi connectivity index (χ2n) is 4.79. The average molecular weight is 267 g/mol. The predicted octanol–water partition coefficient (Wildman–Crippen LogP) is 3.62. The monoisotopic (exact) mass is 267 g/mol. The van der Waals surface area contributed by atoms with E-state index in [4.69, 9.17) is 4.74 Å². The number of aryl methyl sites for hydroxylation is 1. The van der Waals surface area contributed by atoms with Crippen molar-refractivity contribution in [3.05, 3.63) is 29.3 Å². The van der Waals surface area contributed by atoms with Crippen molar-refractivity contribution >= 4 is 11.8 Å². The molecule has 102 valence electrons. The van der Waals surface area contributed by atoms with E-state index in [1.54, 1.807) is 0 Å². The van der Waals surface area contributed by atoms with Crippen LogP contribution in [0.1, 0.15) is 31.4 Å². The van der Waals surface area contributed by atoms with E-state index in [2.05, 4.69) is 50.5 Å². The molecule has 0 spiro atoms. The summed E-state index contributed by atoms with van der Waals surface area (Å²) in [6, 6.07) is 6.85. The lowest BCUT2D eigenvalue weighted by atomic mass is 10.1. The SMILES string of the molecule is CSCCCOc1c(C)cccc1CNC(C)C. The highest BCUT2D eigenvalue weighted by Crippen LogP contribution is 2.23. The van der Waals surface area contributed by atoms with Crippen LogP contribution in [0.2, 0.25) is 0 Å². The lowest BCUT2D eigenvalue weighted by molar-refractivity contribution is 0.312. The molecule has 0 saturated heterocycles. The molecular formula is C15H25NOS. The minimum absolute atomic E-state index is 0.495. The van der Waals surface area contributed by atoms with Gasteiger partial charge < -0.3 is 10.1 Å². The van der Waals surface area contributed by atoms with E-state index in [1.165, 1.54) is 11.1 Å². The summed E-state index contributed by atoms with van der Waals surface area (Å²) in [7, 11) is 0. The fraction of sp³-hybridized carbons (Fsp3) is 0.600. The molecule has 0 fully saturated rings. The van der Waals surface area contributed by atoms with Gasteiger partial charge in [-0.3, -0.25) is 0 Å². The predicted molar refractivity (Wildman–Crippen MR) is 81.6 cm³/mol. The van der Waals surface area contributed by atoms with Gasteiger partial charge in [0.1, 0.15) is 5.75 Å². The number of benzene rings is 1. The maximum atomic E-state index is 5.95. The topological polar surface area (TPSA) is 21.3 Å². The largest absolute Gasteiger partial charge is 0.493 e. The van der Waals surface area contributed by atoms with Crippen LogP contribution in [0, 0.1) is 6.92 Å². The quantitative estimate of drug-likeness (QED) is 0.727. The third-order valence-electron chi connectivity index (χ3n) is 2.73. The van der Waals surface area contributed by atoms with E-state index < -0.39 is 0 Å². The Hall–Kier alpha value is -0.670. The van der Waals surface area contributed by atoms with Gasteiger partial charge in [0.15, 0.2) is 0 Å². The standard InChI is InChI=1S/C15H25NOS/c1-12(2)16-11-14-8-5-7-13(3)15(14)17-9-6-10-18-4/h5,7-8,12,16H,6,9-11H2,1-4H3. The maximum absolute atomic E-state index is 5.95. The second kappa shape index (κ2) is 8.44. The van der Waals surface area contributed by atoms with Crippen molar-refractivity contribution in [2.75, 3.05) is 18.6 Å². The maximum Gasteiger partial charge on any atom is 0.126 e. The Morgan fingerprint density at radius 2 is 2.11 bits per heavy atom.